The summed E-state index contributed by atoms with van der Waals surface area (Å²) in [6.07, 6.45) is 0.864. The molecule has 174 valence electrons. The molecule has 0 unspecified atom stereocenters. The zero-order valence-corrected chi connectivity index (χ0v) is 20.0. The minimum atomic E-state index is 0.0676. The number of fused-ring (bicyclic) bond motifs is 3. The van der Waals surface area contributed by atoms with Gasteiger partial charge in [0.1, 0.15) is 12.4 Å². The molecule has 3 heterocycles. The Kier molecular flexibility index (Phi) is 5.83. The maximum Gasteiger partial charge on any atom is 0.234 e. The minimum Gasteiger partial charge on any atom is -0.481 e. The van der Waals surface area contributed by atoms with E-state index in [0.29, 0.717) is 26.4 Å². The van der Waals surface area contributed by atoms with Crippen molar-refractivity contribution in [3.63, 3.8) is 0 Å². The Labute approximate surface area is 208 Å². The van der Waals surface area contributed by atoms with Gasteiger partial charge in [-0.25, -0.2) is 4.68 Å². The molecule has 0 bridgehead atoms. The van der Waals surface area contributed by atoms with Crippen LogP contribution in [0, 0.1) is 11.8 Å². The molecule has 0 saturated carbocycles. The Morgan fingerprint density at radius 1 is 1.11 bits per heavy atom. The fourth-order valence-electron chi connectivity index (χ4n) is 4.69. The van der Waals surface area contributed by atoms with E-state index in [-0.39, 0.29) is 5.91 Å². The second-order valence-corrected chi connectivity index (χ2v) is 9.57. The van der Waals surface area contributed by atoms with Crippen LogP contribution < -0.4 is 10.1 Å². The highest BCUT2D eigenvalue weighted by molar-refractivity contribution is 7.11. The standard InChI is InChI=1S/C28H24N4O2S/c33-26-17-31(13-12-29-26)19-32-28-24-11-5-4-7-20(24)16-25(28)27(30-32)21-15-23(35-18-21)10-6-14-34-22-8-2-1-3-9-22/h1-5,7-9,11,15,18H,12-14,16-17,19H2,(H,29,33). The number of piperazine rings is 1. The fraction of sp³-hybridized carbons (Fsp3) is 0.214. The predicted molar refractivity (Wildman–Crippen MR) is 137 cm³/mol. The lowest BCUT2D eigenvalue weighted by Gasteiger charge is -2.26. The second-order valence-electron chi connectivity index (χ2n) is 8.66. The van der Waals surface area contributed by atoms with Gasteiger partial charge in [-0.1, -0.05) is 54.3 Å². The molecular formula is C28H24N4O2S. The van der Waals surface area contributed by atoms with Crippen LogP contribution in [0.1, 0.15) is 16.0 Å². The minimum absolute atomic E-state index is 0.0676. The predicted octanol–water partition coefficient (Wildman–Crippen LogP) is 4.00. The van der Waals surface area contributed by atoms with E-state index in [0.717, 1.165) is 40.5 Å². The number of amides is 1. The molecule has 4 aromatic rings. The van der Waals surface area contributed by atoms with E-state index in [1.807, 2.05) is 30.3 Å². The Hall–Kier alpha value is -3.86. The van der Waals surface area contributed by atoms with Crippen LogP contribution >= 0.6 is 11.3 Å². The summed E-state index contributed by atoms with van der Waals surface area (Å²) in [6, 6.07) is 20.4. The number of hydrogen-bond donors (Lipinski definition) is 1. The fourth-order valence-corrected chi connectivity index (χ4v) is 5.44. The van der Waals surface area contributed by atoms with Crippen LogP contribution in [0.4, 0.5) is 0 Å². The van der Waals surface area contributed by atoms with Crippen LogP contribution in [0.3, 0.4) is 0 Å². The molecule has 1 saturated heterocycles. The van der Waals surface area contributed by atoms with Crippen molar-refractivity contribution < 1.29 is 9.53 Å². The molecule has 6 rings (SSSR count). The van der Waals surface area contributed by atoms with E-state index in [1.54, 1.807) is 11.3 Å². The first kappa shape index (κ1) is 21.7. The number of ether oxygens (including phenoxy) is 1. The van der Waals surface area contributed by atoms with Gasteiger partial charge in [0.2, 0.25) is 5.91 Å². The third kappa shape index (κ3) is 4.46. The van der Waals surface area contributed by atoms with Gasteiger partial charge in [0.25, 0.3) is 0 Å². The number of nitrogens with one attached hydrogen (secondary N) is 1. The van der Waals surface area contributed by atoms with Gasteiger partial charge in [-0.3, -0.25) is 9.69 Å². The Morgan fingerprint density at radius 3 is 2.86 bits per heavy atom. The maximum absolute atomic E-state index is 11.9. The summed E-state index contributed by atoms with van der Waals surface area (Å²) in [5, 5.41) is 10.1. The van der Waals surface area contributed by atoms with Crippen LogP contribution in [0.25, 0.3) is 22.5 Å². The van der Waals surface area contributed by atoms with Crippen molar-refractivity contribution in [2.75, 3.05) is 26.2 Å². The number of thiophene rings is 1. The van der Waals surface area contributed by atoms with Crippen LogP contribution in [-0.2, 0) is 17.9 Å². The highest BCUT2D eigenvalue weighted by atomic mass is 32.1. The number of rotatable bonds is 5. The number of aromatic nitrogens is 2. The molecule has 1 amide bonds. The lowest BCUT2D eigenvalue weighted by Crippen LogP contribution is -2.48. The quantitative estimate of drug-likeness (QED) is 0.387. The van der Waals surface area contributed by atoms with E-state index in [1.165, 1.54) is 16.7 Å². The molecular weight excluding hydrogens is 456 g/mol. The highest BCUT2D eigenvalue weighted by Gasteiger charge is 2.29. The van der Waals surface area contributed by atoms with Gasteiger partial charge in [0.05, 0.1) is 29.5 Å². The summed E-state index contributed by atoms with van der Waals surface area (Å²) in [5.41, 5.74) is 7.05. The van der Waals surface area contributed by atoms with Crippen molar-refractivity contribution in [2.45, 2.75) is 13.1 Å². The normalized spacial score (nSPS) is 14.6. The summed E-state index contributed by atoms with van der Waals surface area (Å²) in [6.45, 7) is 2.83. The Bertz CT molecular complexity index is 1440. The molecule has 0 atom stereocenters. The summed E-state index contributed by atoms with van der Waals surface area (Å²) in [7, 11) is 0. The van der Waals surface area contributed by atoms with Crippen LogP contribution in [-0.4, -0.2) is 46.8 Å². The number of carbonyl (C=O) groups is 1. The molecule has 2 aromatic heterocycles. The number of nitrogens with zero attached hydrogens (tertiary/aromatic N) is 3. The van der Waals surface area contributed by atoms with Gasteiger partial charge in [-0.05, 0) is 23.8 Å². The third-order valence-electron chi connectivity index (χ3n) is 6.28. The van der Waals surface area contributed by atoms with E-state index >= 15 is 0 Å². The molecule has 7 heteroatoms. The lowest BCUT2D eigenvalue weighted by atomic mass is 10.1. The molecule has 2 aliphatic rings. The number of carbonyl (C=O) groups excluding carboxylic acids is 1. The van der Waals surface area contributed by atoms with Gasteiger partial charge >= 0.3 is 0 Å². The lowest BCUT2D eigenvalue weighted by molar-refractivity contribution is -0.124. The van der Waals surface area contributed by atoms with E-state index in [2.05, 4.69) is 62.5 Å². The van der Waals surface area contributed by atoms with Gasteiger partial charge in [0, 0.05) is 41.6 Å². The van der Waals surface area contributed by atoms with Crippen molar-refractivity contribution in [2.24, 2.45) is 0 Å². The Morgan fingerprint density at radius 2 is 1.97 bits per heavy atom. The van der Waals surface area contributed by atoms with Gasteiger partial charge in [0.15, 0.2) is 0 Å². The SMILES string of the molecule is O=C1CN(Cn2nc(-c3csc(C#CCOc4ccccc4)c3)c3c2-c2ccccc2C3)CCN1. The highest BCUT2D eigenvalue weighted by Crippen LogP contribution is 2.42. The zero-order chi connectivity index (χ0) is 23.6. The zero-order valence-electron chi connectivity index (χ0n) is 19.2. The van der Waals surface area contributed by atoms with Crippen molar-refractivity contribution in [3.8, 4) is 40.1 Å². The largest absolute Gasteiger partial charge is 0.481 e. The van der Waals surface area contributed by atoms with Crippen LogP contribution in [0.15, 0.2) is 66.0 Å². The van der Waals surface area contributed by atoms with Gasteiger partial charge < -0.3 is 10.1 Å². The first-order chi connectivity index (χ1) is 17.2. The summed E-state index contributed by atoms with van der Waals surface area (Å²) in [4.78, 5) is 15.0. The smallest absolute Gasteiger partial charge is 0.234 e. The Balaban J connectivity index is 1.26. The third-order valence-corrected chi connectivity index (χ3v) is 7.13. The molecule has 1 aliphatic heterocycles. The van der Waals surface area contributed by atoms with E-state index in [9.17, 15) is 4.79 Å². The summed E-state index contributed by atoms with van der Waals surface area (Å²) >= 11 is 1.62. The summed E-state index contributed by atoms with van der Waals surface area (Å²) in [5.74, 6) is 7.22. The van der Waals surface area contributed by atoms with E-state index in [4.69, 9.17) is 9.84 Å². The first-order valence-electron chi connectivity index (χ1n) is 11.7. The molecule has 6 nitrogen and oxygen atoms in total. The van der Waals surface area contributed by atoms with Crippen molar-refractivity contribution in [1.29, 1.82) is 0 Å². The van der Waals surface area contributed by atoms with Crippen LogP contribution in [0.5, 0.6) is 5.75 Å². The second kappa shape index (κ2) is 9.41. The molecule has 1 fully saturated rings. The monoisotopic (exact) mass is 480 g/mol. The van der Waals surface area contributed by atoms with Gasteiger partial charge in [-0.2, -0.15) is 5.10 Å². The van der Waals surface area contributed by atoms with Gasteiger partial charge in [-0.15, -0.1) is 11.3 Å². The molecule has 1 aliphatic carbocycles. The molecule has 35 heavy (non-hydrogen) atoms. The van der Waals surface area contributed by atoms with Crippen molar-refractivity contribution >= 4 is 17.2 Å². The molecule has 2 aromatic carbocycles. The van der Waals surface area contributed by atoms with E-state index < -0.39 is 0 Å². The molecule has 1 N–H and O–H groups in total. The average molecular weight is 481 g/mol. The molecule has 0 radical (unpaired) electrons. The number of para-hydroxylation sites is 1. The first-order valence-corrected chi connectivity index (χ1v) is 12.6. The van der Waals surface area contributed by atoms with Crippen molar-refractivity contribution in [3.05, 3.63) is 82.0 Å². The van der Waals surface area contributed by atoms with Crippen molar-refractivity contribution in [1.82, 2.24) is 20.0 Å². The average Bonchev–Trinajstić information content (AvgIpc) is 3.58. The topological polar surface area (TPSA) is 59.4 Å². The molecule has 0 spiro atoms. The number of benzene rings is 2. The maximum atomic E-state index is 11.9. The number of hydrogen-bond acceptors (Lipinski definition) is 5. The van der Waals surface area contributed by atoms with Crippen LogP contribution in [0.2, 0.25) is 0 Å². The summed E-state index contributed by atoms with van der Waals surface area (Å²) < 4.78 is 7.76.